The first-order valence-electron chi connectivity index (χ1n) is 6.18. The van der Waals surface area contributed by atoms with Gasteiger partial charge in [0.25, 0.3) is 11.5 Å². The Labute approximate surface area is 143 Å². The van der Waals surface area contributed by atoms with Gasteiger partial charge in [0.1, 0.15) is 4.88 Å². The molecular formula is C12H8Cl2N6O2S. The SMILES string of the molecule is Cn1[nH]nc(-c2snnc2C(=O)Nc2c(Cl)cccc2Cl)c1=O. The van der Waals surface area contributed by atoms with Crippen LogP contribution in [0.1, 0.15) is 10.5 Å². The van der Waals surface area contributed by atoms with Crippen LogP contribution < -0.4 is 10.9 Å². The fourth-order valence-electron chi connectivity index (χ4n) is 1.81. The van der Waals surface area contributed by atoms with Crippen LogP contribution in [0.4, 0.5) is 5.69 Å². The molecule has 11 heteroatoms. The number of rotatable bonds is 3. The molecule has 0 spiro atoms. The molecule has 0 saturated carbocycles. The molecule has 3 aromatic rings. The fourth-order valence-corrected chi connectivity index (χ4v) is 2.95. The van der Waals surface area contributed by atoms with Crippen LogP contribution in [0.25, 0.3) is 10.6 Å². The first kappa shape index (κ1) is 15.7. The van der Waals surface area contributed by atoms with E-state index in [1.54, 1.807) is 18.2 Å². The van der Waals surface area contributed by atoms with Crippen molar-refractivity contribution in [3.63, 3.8) is 0 Å². The van der Waals surface area contributed by atoms with Gasteiger partial charge in [0, 0.05) is 7.05 Å². The first-order valence-corrected chi connectivity index (χ1v) is 7.71. The monoisotopic (exact) mass is 370 g/mol. The summed E-state index contributed by atoms with van der Waals surface area (Å²) in [5.74, 6) is -0.589. The number of hydrogen-bond donors (Lipinski definition) is 2. The Bertz CT molecular complexity index is 927. The number of carbonyl (C=O) groups excluding carboxylic acids is 1. The van der Waals surface area contributed by atoms with Gasteiger partial charge in [-0.15, -0.1) is 5.10 Å². The lowest BCUT2D eigenvalue weighted by Gasteiger charge is -2.07. The van der Waals surface area contributed by atoms with Crippen molar-refractivity contribution in [3.8, 4) is 10.6 Å². The average Bonchev–Trinajstić information content (AvgIpc) is 3.11. The van der Waals surface area contributed by atoms with E-state index >= 15 is 0 Å². The van der Waals surface area contributed by atoms with E-state index in [0.29, 0.717) is 0 Å². The number of benzene rings is 1. The molecule has 0 bridgehead atoms. The summed E-state index contributed by atoms with van der Waals surface area (Å²) in [6, 6.07) is 4.84. The van der Waals surface area contributed by atoms with Crippen molar-refractivity contribution in [2.45, 2.75) is 0 Å². The Morgan fingerprint density at radius 1 is 1.35 bits per heavy atom. The molecule has 118 valence electrons. The van der Waals surface area contributed by atoms with E-state index in [-0.39, 0.29) is 37.6 Å². The number of aromatic amines is 1. The standard InChI is InChI=1S/C12H8Cl2N6O2S/c1-20-12(22)9(16-18-20)10-8(17-19-23-10)11(21)15-7-5(13)3-2-4-6(7)14/h2-4,18H,1H3,(H,15,21). The van der Waals surface area contributed by atoms with Crippen molar-refractivity contribution in [2.75, 3.05) is 5.32 Å². The predicted molar refractivity (Wildman–Crippen MR) is 87.1 cm³/mol. The number of anilines is 1. The average molecular weight is 371 g/mol. The van der Waals surface area contributed by atoms with Gasteiger partial charge in [0.15, 0.2) is 11.4 Å². The zero-order chi connectivity index (χ0) is 16.6. The number of hydrogen-bond acceptors (Lipinski definition) is 6. The number of para-hydroxylation sites is 1. The molecule has 0 saturated heterocycles. The Kier molecular flexibility index (Phi) is 4.16. The second-order valence-corrected chi connectivity index (χ2v) is 5.99. The molecule has 0 aliphatic carbocycles. The van der Waals surface area contributed by atoms with Crippen LogP contribution in [0, 0.1) is 0 Å². The third-order valence-corrected chi connectivity index (χ3v) is 4.30. The van der Waals surface area contributed by atoms with Crippen molar-refractivity contribution in [3.05, 3.63) is 44.3 Å². The number of H-pyrrole nitrogens is 1. The number of carbonyl (C=O) groups is 1. The van der Waals surface area contributed by atoms with Crippen LogP contribution in [0.15, 0.2) is 23.0 Å². The minimum absolute atomic E-state index is 0.0322. The molecule has 23 heavy (non-hydrogen) atoms. The molecule has 8 nitrogen and oxygen atoms in total. The molecule has 0 aliphatic rings. The van der Waals surface area contributed by atoms with Gasteiger partial charge in [-0.05, 0) is 23.7 Å². The quantitative estimate of drug-likeness (QED) is 0.734. The van der Waals surface area contributed by atoms with Gasteiger partial charge in [-0.2, -0.15) is 5.10 Å². The maximum Gasteiger partial charge on any atom is 0.295 e. The second-order valence-electron chi connectivity index (χ2n) is 4.43. The van der Waals surface area contributed by atoms with Gasteiger partial charge in [0.2, 0.25) is 0 Å². The van der Waals surface area contributed by atoms with Crippen LogP contribution in [0.5, 0.6) is 0 Å². The van der Waals surface area contributed by atoms with Gasteiger partial charge in [-0.25, -0.2) is 9.90 Å². The highest BCUT2D eigenvalue weighted by molar-refractivity contribution is 7.09. The topological polar surface area (TPSA) is 106 Å². The molecule has 0 fully saturated rings. The van der Waals surface area contributed by atoms with E-state index < -0.39 is 5.91 Å². The van der Waals surface area contributed by atoms with E-state index in [4.69, 9.17) is 23.2 Å². The fraction of sp³-hybridized carbons (Fsp3) is 0.0833. The number of nitrogens with zero attached hydrogens (tertiary/aromatic N) is 4. The van der Waals surface area contributed by atoms with Crippen LogP contribution in [0.3, 0.4) is 0 Å². The summed E-state index contributed by atoms with van der Waals surface area (Å²) in [6.45, 7) is 0. The Morgan fingerprint density at radius 3 is 2.65 bits per heavy atom. The summed E-state index contributed by atoms with van der Waals surface area (Å²) < 4.78 is 4.90. The molecule has 1 aromatic carbocycles. The minimum atomic E-state index is -0.589. The van der Waals surface area contributed by atoms with Gasteiger partial charge >= 0.3 is 0 Å². The van der Waals surface area contributed by atoms with Crippen molar-refractivity contribution in [1.29, 1.82) is 0 Å². The van der Waals surface area contributed by atoms with Gasteiger partial charge in [-0.3, -0.25) is 9.59 Å². The maximum absolute atomic E-state index is 12.4. The smallest absolute Gasteiger partial charge is 0.295 e. The number of amides is 1. The number of halogens is 2. The van der Waals surface area contributed by atoms with Crippen molar-refractivity contribution < 1.29 is 4.79 Å². The van der Waals surface area contributed by atoms with E-state index in [1.165, 1.54) is 11.7 Å². The molecular weight excluding hydrogens is 363 g/mol. The second kappa shape index (κ2) is 6.11. The highest BCUT2D eigenvalue weighted by atomic mass is 35.5. The molecule has 0 radical (unpaired) electrons. The number of nitrogens with one attached hydrogen (secondary N) is 2. The molecule has 2 aromatic heterocycles. The van der Waals surface area contributed by atoms with Gasteiger partial charge < -0.3 is 5.32 Å². The summed E-state index contributed by atoms with van der Waals surface area (Å²) in [4.78, 5) is 24.6. The lowest BCUT2D eigenvalue weighted by atomic mass is 10.2. The van der Waals surface area contributed by atoms with E-state index in [0.717, 1.165) is 11.5 Å². The van der Waals surface area contributed by atoms with E-state index in [2.05, 4.69) is 25.2 Å². The van der Waals surface area contributed by atoms with Crippen LogP contribution in [0.2, 0.25) is 10.0 Å². The molecule has 0 atom stereocenters. The number of aromatic nitrogens is 5. The summed E-state index contributed by atoms with van der Waals surface area (Å²) in [6.07, 6.45) is 0. The van der Waals surface area contributed by atoms with E-state index in [9.17, 15) is 9.59 Å². The molecule has 1 amide bonds. The lowest BCUT2D eigenvalue weighted by Crippen LogP contribution is -2.17. The largest absolute Gasteiger partial charge is 0.318 e. The molecule has 0 aliphatic heterocycles. The normalized spacial score (nSPS) is 10.7. The van der Waals surface area contributed by atoms with Crippen molar-refractivity contribution >= 4 is 46.3 Å². The highest BCUT2D eigenvalue weighted by Crippen LogP contribution is 2.31. The van der Waals surface area contributed by atoms with E-state index in [1.807, 2.05) is 0 Å². The summed E-state index contributed by atoms with van der Waals surface area (Å²) in [7, 11) is 1.51. The zero-order valence-electron chi connectivity index (χ0n) is 11.5. The Balaban J connectivity index is 1.98. The predicted octanol–water partition coefficient (Wildman–Crippen LogP) is 2.19. The van der Waals surface area contributed by atoms with Gasteiger partial charge in [-0.1, -0.05) is 33.8 Å². The third-order valence-electron chi connectivity index (χ3n) is 2.94. The zero-order valence-corrected chi connectivity index (χ0v) is 13.8. The molecule has 0 unspecified atom stereocenters. The Morgan fingerprint density at radius 2 is 2.04 bits per heavy atom. The lowest BCUT2D eigenvalue weighted by molar-refractivity contribution is 0.102. The summed E-state index contributed by atoms with van der Waals surface area (Å²) in [5.41, 5.74) is -0.0938. The molecule has 2 N–H and O–H groups in total. The molecule has 2 heterocycles. The van der Waals surface area contributed by atoms with Crippen LogP contribution in [-0.2, 0) is 7.05 Å². The summed E-state index contributed by atoms with van der Waals surface area (Å²) in [5, 5.41) is 13.3. The Hall–Kier alpha value is -2.23. The van der Waals surface area contributed by atoms with Crippen LogP contribution >= 0.6 is 34.7 Å². The molecule has 3 rings (SSSR count). The first-order chi connectivity index (χ1) is 11.0. The maximum atomic E-state index is 12.4. The summed E-state index contributed by atoms with van der Waals surface area (Å²) >= 11 is 12.9. The third kappa shape index (κ3) is 2.85. The minimum Gasteiger partial charge on any atom is -0.318 e. The number of aryl methyl sites for hydroxylation is 1. The van der Waals surface area contributed by atoms with Crippen molar-refractivity contribution in [1.82, 2.24) is 24.6 Å². The van der Waals surface area contributed by atoms with Crippen LogP contribution in [-0.4, -0.2) is 30.5 Å². The van der Waals surface area contributed by atoms with Gasteiger partial charge in [0.05, 0.1) is 15.7 Å². The highest BCUT2D eigenvalue weighted by Gasteiger charge is 2.23. The van der Waals surface area contributed by atoms with Crippen molar-refractivity contribution in [2.24, 2.45) is 7.05 Å².